The summed E-state index contributed by atoms with van der Waals surface area (Å²) in [4.78, 5) is 12.2. The lowest BCUT2D eigenvalue weighted by Crippen LogP contribution is -2.13. The van der Waals surface area contributed by atoms with E-state index >= 15 is 0 Å². The summed E-state index contributed by atoms with van der Waals surface area (Å²) in [5.74, 6) is -0.210. The van der Waals surface area contributed by atoms with E-state index in [9.17, 15) is 4.79 Å². The van der Waals surface area contributed by atoms with Gasteiger partial charge in [-0.3, -0.25) is 9.89 Å². The van der Waals surface area contributed by atoms with Gasteiger partial charge in [-0.05, 0) is 42.0 Å². The van der Waals surface area contributed by atoms with Gasteiger partial charge in [0.25, 0.3) is 5.91 Å². The van der Waals surface area contributed by atoms with Crippen LogP contribution in [0.5, 0.6) is 0 Å². The number of benzene rings is 1. The van der Waals surface area contributed by atoms with Crippen LogP contribution < -0.4 is 5.32 Å². The zero-order chi connectivity index (χ0) is 14.8. The number of hydrogen-bond acceptors (Lipinski definition) is 5. The Bertz CT molecular complexity index is 776. The second-order valence-electron chi connectivity index (χ2n) is 4.62. The first kappa shape index (κ1) is 13.0. The van der Waals surface area contributed by atoms with Crippen LogP contribution in [0.2, 0.25) is 0 Å². The van der Waals surface area contributed by atoms with Gasteiger partial charge in [0.15, 0.2) is 0 Å². The summed E-state index contributed by atoms with van der Waals surface area (Å²) < 4.78 is 1.53. The Labute approximate surface area is 120 Å². The molecule has 0 saturated carbocycles. The molecule has 3 aromatic rings. The van der Waals surface area contributed by atoms with Crippen LogP contribution in [0.1, 0.15) is 21.6 Å². The van der Waals surface area contributed by atoms with E-state index in [0.29, 0.717) is 11.3 Å². The smallest absolute Gasteiger partial charge is 0.259 e. The molecule has 2 heterocycles. The third kappa shape index (κ3) is 2.50. The van der Waals surface area contributed by atoms with E-state index in [0.717, 1.165) is 16.9 Å². The quantitative estimate of drug-likeness (QED) is 0.753. The number of carbonyl (C=O) groups is 1. The van der Waals surface area contributed by atoms with Crippen molar-refractivity contribution in [2.75, 3.05) is 5.32 Å². The van der Waals surface area contributed by atoms with Gasteiger partial charge in [0, 0.05) is 11.4 Å². The highest BCUT2D eigenvalue weighted by molar-refractivity contribution is 6.05. The molecule has 3 rings (SSSR count). The number of hydrogen-bond donors (Lipinski definition) is 2. The molecule has 1 aromatic carbocycles. The van der Waals surface area contributed by atoms with Crippen LogP contribution in [-0.2, 0) is 0 Å². The molecule has 8 nitrogen and oxygen atoms in total. The van der Waals surface area contributed by atoms with Crippen molar-refractivity contribution in [2.24, 2.45) is 0 Å². The van der Waals surface area contributed by atoms with Crippen molar-refractivity contribution in [3.63, 3.8) is 0 Å². The topological polar surface area (TPSA) is 101 Å². The molecule has 8 heteroatoms. The number of carbonyl (C=O) groups excluding carboxylic acids is 1. The molecule has 0 radical (unpaired) electrons. The SMILES string of the molecule is Cc1ccc(-n2cnnn2)cc1NC(=O)c1cn[nH]c1C. The number of aromatic amines is 1. The van der Waals surface area contributed by atoms with Crippen molar-refractivity contribution in [1.82, 2.24) is 30.4 Å². The molecule has 1 amide bonds. The van der Waals surface area contributed by atoms with Crippen LogP contribution in [0.15, 0.2) is 30.7 Å². The van der Waals surface area contributed by atoms with E-state index < -0.39 is 0 Å². The molecule has 2 N–H and O–H groups in total. The molecule has 106 valence electrons. The van der Waals surface area contributed by atoms with Crippen LogP contribution in [0.3, 0.4) is 0 Å². The molecule has 0 saturated heterocycles. The van der Waals surface area contributed by atoms with Crippen molar-refractivity contribution in [3.05, 3.63) is 47.5 Å². The fourth-order valence-corrected chi connectivity index (χ4v) is 1.94. The largest absolute Gasteiger partial charge is 0.322 e. The van der Waals surface area contributed by atoms with Crippen LogP contribution in [0.4, 0.5) is 5.69 Å². The van der Waals surface area contributed by atoms with E-state index in [1.807, 2.05) is 25.1 Å². The number of aryl methyl sites for hydroxylation is 2. The Kier molecular flexibility index (Phi) is 3.19. The minimum Gasteiger partial charge on any atom is -0.322 e. The second kappa shape index (κ2) is 5.16. The predicted octanol–water partition coefficient (Wildman–Crippen LogP) is 1.25. The summed E-state index contributed by atoms with van der Waals surface area (Å²) in [6, 6.07) is 5.60. The first-order valence-corrected chi connectivity index (χ1v) is 6.30. The number of anilines is 1. The van der Waals surface area contributed by atoms with Crippen LogP contribution in [0, 0.1) is 13.8 Å². The highest BCUT2D eigenvalue weighted by Gasteiger charge is 2.12. The van der Waals surface area contributed by atoms with Gasteiger partial charge < -0.3 is 5.32 Å². The fraction of sp³-hybridized carbons (Fsp3) is 0.154. The first-order chi connectivity index (χ1) is 10.1. The highest BCUT2D eigenvalue weighted by Crippen LogP contribution is 2.20. The number of tetrazole rings is 1. The van der Waals surface area contributed by atoms with Crippen molar-refractivity contribution < 1.29 is 4.79 Å². The molecule has 0 bridgehead atoms. The average molecular weight is 283 g/mol. The summed E-state index contributed by atoms with van der Waals surface area (Å²) in [5.41, 5.74) is 3.66. The minimum absolute atomic E-state index is 0.210. The van der Waals surface area contributed by atoms with Gasteiger partial charge in [0.2, 0.25) is 0 Å². The maximum Gasteiger partial charge on any atom is 0.259 e. The van der Waals surface area contributed by atoms with E-state index in [-0.39, 0.29) is 5.91 Å². The van der Waals surface area contributed by atoms with Gasteiger partial charge in [-0.2, -0.15) is 5.10 Å². The maximum absolute atomic E-state index is 12.2. The molecular formula is C13H13N7O. The Morgan fingerprint density at radius 1 is 1.33 bits per heavy atom. The molecule has 0 atom stereocenters. The number of nitrogens with one attached hydrogen (secondary N) is 2. The zero-order valence-electron chi connectivity index (χ0n) is 11.5. The molecule has 0 fully saturated rings. The number of nitrogens with zero attached hydrogens (tertiary/aromatic N) is 5. The van der Waals surface area contributed by atoms with E-state index in [1.165, 1.54) is 17.2 Å². The minimum atomic E-state index is -0.210. The normalized spacial score (nSPS) is 10.6. The van der Waals surface area contributed by atoms with Crippen LogP contribution >= 0.6 is 0 Å². The van der Waals surface area contributed by atoms with Gasteiger partial charge in [-0.25, -0.2) is 4.68 Å². The van der Waals surface area contributed by atoms with Crippen molar-refractivity contribution >= 4 is 11.6 Å². The predicted molar refractivity (Wildman–Crippen MR) is 75.2 cm³/mol. The number of H-pyrrole nitrogens is 1. The van der Waals surface area contributed by atoms with Gasteiger partial charge in [0.05, 0.1) is 17.4 Å². The zero-order valence-corrected chi connectivity index (χ0v) is 11.5. The Morgan fingerprint density at radius 3 is 2.86 bits per heavy atom. The van der Waals surface area contributed by atoms with Crippen molar-refractivity contribution in [3.8, 4) is 5.69 Å². The molecule has 0 unspecified atom stereocenters. The Morgan fingerprint density at radius 2 is 2.19 bits per heavy atom. The molecule has 0 aliphatic heterocycles. The standard InChI is InChI=1S/C13H13N7O/c1-8-3-4-10(20-7-15-18-19-20)5-12(8)16-13(21)11-6-14-17-9(11)2/h3-7H,1-2H3,(H,14,17)(H,16,21). The second-order valence-corrected chi connectivity index (χ2v) is 4.62. The van der Waals surface area contributed by atoms with E-state index in [4.69, 9.17) is 0 Å². The lowest BCUT2D eigenvalue weighted by Gasteiger charge is -2.10. The molecule has 0 spiro atoms. The summed E-state index contributed by atoms with van der Waals surface area (Å²) in [5, 5.41) is 20.5. The van der Waals surface area contributed by atoms with E-state index in [2.05, 4.69) is 31.0 Å². The summed E-state index contributed by atoms with van der Waals surface area (Å²) >= 11 is 0. The molecular weight excluding hydrogens is 270 g/mol. The molecule has 2 aromatic heterocycles. The Balaban J connectivity index is 1.90. The van der Waals surface area contributed by atoms with Crippen molar-refractivity contribution in [1.29, 1.82) is 0 Å². The lowest BCUT2D eigenvalue weighted by molar-refractivity contribution is 0.102. The molecule has 21 heavy (non-hydrogen) atoms. The molecule has 0 aliphatic carbocycles. The summed E-state index contributed by atoms with van der Waals surface area (Å²) in [7, 11) is 0. The maximum atomic E-state index is 12.2. The number of aromatic nitrogens is 6. The van der Waals surface area contributed by atoms with Crippen molar-refractivity contribution in [2.45, 2.75) is 13.8 Å². The lowest BCUT2D eigenvalue weighted by atomic mass is 10.1. The first-order valence-electron chi connectivity index (χ1n) is 6.30. The number of rotatable bonds is 3. The number of amides is 1. The van der Waals surface area contributed by atoms with Crippen LogP contribution in [-0.4, -0.2) is 36.3 Å². The average Bonchev–Trinajstić information content (AvgIpc) is 3.12. The van der Waals surface area contributed by atoms with Gasteiger partial charge in [-0.15, -0.1) is 5.10 Å². The van der Waals surface area contributed by atoms with Gasteiger partial charge in [-0.1, -0.05) is 6.07 Å². The van der Waals surface area contributed by atoms with Crippen LogP contribution in [0.25, 0.3) is 5.69 Å². The molecule has 0 aliphatic rings. The summed E-state index contributed by atoms with van der Waals surface area (Å²) in [6.07, 6.45) is 3.00. The highest BCUT2D eigenvalue weighted by atomic mass is 16.1. The van der Waals surface area contributed by atoms with Gasteiger partial charge in [0.1, 0.15) is 6.33 Å². The fourth-order valence-electron chi connectivity index (χ4n) is 1.94. The Hall–Kier alpha value is -3.03. The van der Waals surface area contributed by atoms with E-state index in [1.54, 1.807) is 6.92 Å². The van der Waals surface area contributed by atoms with Gasteiger partial charge >= 0.3 is 0 Å². The third-order valence-corrected chi connectivity index (χ3v) is 3.16. The summed E-state index contributed by atoms with van der Waals surface area (Å²) in [6.45, 7) is 3.72. The third-order valence-electron chi connectivity index (χ3n) is 3.16. The monoisotopic (exact) mass is 283 g/mol.